The van der Waals surface area contributed by atoms with Crippen molar-refractivity contribution in [3.63, 3.8) is 0 Å². The van der Waals surface area contributed by atoms with Crippen LogP contribution in [-0.2, 0) is 4.79 Å². The van der Waals surface area contributed by atoms with E-state index in [0.29, 0.717) is 12.5 Å². The summed E-state index contributed by atoms with van der Waals surface area (Å²) in [7, 11) is 0. The molecule has 0 spiro atoms. The Morgan fingerprint density at radius 1 is 1.50 bits per heavy atom. The second-order valence-electron chi connectivity index (χ2n) is 4.64. The van der Waals surface area contributed by atoms with Gasteiger partial charge in [0.15, 0.2) is 0 Å². The molecule has 0 amide bonds. The third-order valence-corrected chi connectivity index (χ3v) is 4.02. The molecule has 2 aliphatic carbocycles. The van der Waals surface area contributed by atoms with E-state index in [-0.39, 0.29) is 24.2 Å². The smallest absolute Gasteiger partial charge is 0.303 e. The molecule has 3 atom stereocenters. The zero-order valence-corrected chi connectivity index (χ0v) is 9.05. The lowest BCUT2D eigenvalue weighted by Gasteiger charge is -2.51. The number of carbonyl (C=O) groups is 1. The minimum absolute atomic E-state index is 0. The van der Waals surface area contributed by atoms with Crippen molar-refractivity contribution in [1.82, 2.24) is 0 Å². The molecule has 0 aromatic rings. The molecule has 0 heterocycles. The lowest BCUT2D eigenvalue weighted by atomic mass is 9.53. The minimum atomic E-state index is -0.684. The molecule has 0 radical (unpaired) electrons. The fourth-order valence-corrected chi connectivity index (χ4v) is 3.41. The molecule has 2 fully saturated rings. The van der Waals surface area contributed by atoms with Gasteiger partial charge in [-0.1, -0.05) is 12.8 Å². The molecule has 0 bridgehead atoms. The molecule has 4 heteroatoms. The second-order valence-corrected chi connectivity index (χ2v) is 4.64. The number of carboxylic acid groups (broad SMARTS) is 1. The molecule has 0 aromatic carbocycles. The number of hydrogen-bond donors (Lipinski definition) is 2. The third-order valence-electron chi connectivity index (χ3n) is 4.02. The summed E-state index contributed by atoms with van der Waals surface area (Å²) >= 11 is 0. The summed E-state index contributed by atoms with van der Waals surface area (Å²) < 4.78 is 0. The van der Waals surface area contributed by atoms with Crippen molar-refractivity contribution in [2.75, 3.05) is 6.54 Å². The van der Waals surface area contributed by atoms with Gasteiger partial charge in [0, 0.05) is 0 Å². The molecule has 3 N–H and O–H groups in total. The van der Waals surface area contributed by atoms with Crippen molar-refractivity contribution in [3.8, 4) is 0 Å². The number of nitrogens with two attached hydrogens (primary N) is 1. The Hall–Kier alpha value is -0.280. The van der Waals surface area contributed by atoms with E-state index in [9.17, 15) is 4.79 Å². The van der Waals surface area contributed by atoms with E-state index >= 15 is 0 Å². The highest BCUT2D eigenvalue weighted by molar-refractivity contribution is 5.85. The summed E-state index contributed by atoms with van der Waals surface area (Å²) in [4.78, 5) is 10.7. The fourth-order valence-electron chi connectivity index (χ4n) is 3.41. The van der Waals surface area contributed by atoms with Gasteiger partial charge in [-0.2, -0.15) is 0 Å². The molecule has 0 saturated heterocycles. The topological polar surface area (TPSA) is 63.3 Å². The van der Waals surface area contributed by atoms with Crippen LogP contribution in [0.25, 0.3) is 0 Å². The first-order valence-electron chi connectivity index (χ1n) is 5.10. The molecule has 0 unspecified atom stereocenters. The molecule has 2 aliphatic rings. The van der Waals surface area contributed by atoms with Gasteiger partial charge >= 0.3 is 5.97 Å². The van der Waals surface area contributed by atoms with E-state index < -0.39 is 5.97 Å². The number of aliphatic carboxylic acids is 1. The van der Waals surface area contributed by atoms with Crippen LogP contribution in [0.3, 0.4) is 0 Å². The van der Waals surface area contributed by atoms with Crippen LogP contribution in [0, 0.1) is 17.3 Å². The van der Waals surface area contributed by atoms with Gasteiger partial charge in [0.2, 0.25) is 0 Å². The minimum Gasteiger partial charge on any atom is -0.481 e. The maximum atomic E-state index is 10.7. The molecular weight excluding hydrogens is 202 g/mol. The van der Waals surface area contributed by atoms with Gasteiger partial charge in [-0.25, -0.2) is 0 Å². The first-order chi connectivity index (χ1) is 6.18. The van der Waals surface area contributed by atoms with E-state index in [1.165, 1.54) is 19.3 Å². The van der Waals surface area contributed by atoms with Gasteiger partial charge in [-0.05, 0) is 36.6 Å². The summed E-state index contributed by atoms with van der Waals surface area (Å²) in [5.41, 5.74) is 5.68. The molecule has 82 valence electrons. The van der Waals surface area contributed by atoms with Crippen molar-refractivity contribution in [2.45, 2.75) is 32.1 Å². The number of rotatable bonds is 3. The SMILES string of the molecule is Cl.NC[C@@]1(CC(=O)O)C[C@@H]2CCC[C@@H]21. The van der Waals surface area contributed by atoms with Crippen LogP contribution in [0.5, 0.6) is 0 Å². The average molecular weight is 220 g/mol. The van der Waals surface area contributed by atoms with Gasteiger partial charge in [-0.15, -0.1) is 12.4 Å². The second kappa shape index (κ2) is 4.07. The Labute approximate surface area is 90.5 Å². The number of fused-ring (bicyclic) bond motifs is 1. The Bertz CT molecular complexity index is 234. The van der Waals surface area contributed by atoms with E-state index in [1.807, 2.05) is 0 Å². The van der Waals surface area contributed by atoms with Crippen LogP contribution in [0.15, 0.2) is 0 Å². The Morgan fingerprint density at radius 2 is 2.21 bits per heavy atom. The quantitative estimate of drug-likeness (QED) is 0.759. The normalized spacial score (nSPS) is 39.5. The first-order valence-corrected chi connectivity index (χ1v) is 5.10. The van der Waals surface area contributed by atoms with Crippen LogP contribution in [0.1, 0.15) is 32.1 Å². The molecule has 2 saturated carbocycles. The fraction of sp³-hybridized carbons (Fsp3) is 0.900. The predicted molar refractivity (Wildman–Crippen MR) is 56.4 cm³/mol. The first kappa shape index (κ1) is 11.8. The van der Waals surface area contributed by atoms with Crippen molar-refractivity contribution < 1.29 is 9.90 Å². The van der Waals surface area contributed by atoms with E-state index in [1.54, 1.807) is 0 Å². The number of halogens is 1. The van der Waals surface area contributed by atoms with Gasteiger partial charge < -0.3 is 10.8 Å². The highest BCUT2D eigenvalue weighted by atomic mass is 35.5. The molecule has 3 nitrogen and oxygen atoms in total. The summed E-state index contributed by atoms with van der Waals surface area (Å²) in [6, 6.07) is 0. The Morgan fingerprint density at radius 3 is 2.71 bits per heavy atom. The summed E-state index contributed by atoms with van der Waals surface area (Å²) in [6.07, 6.45) is 5.11. The third kappa shape index (κ3) is 1.63. The molecule has 14 heavy (non-hydrogen) atoms. The van der Waals surface area contributed by atoms with Crippen LogP contribution < -0.4 is 5.73 Å². The summed E-state index contributed by atoms with van der Waals surface area (Å²) in [6.45, 7) is 0.556. The van der Waals surface area contributed by atoms with Crippen LogP contribution in [-0.4, -0.2) is 17.6 Å². The highest BCUT2D eigenvalue weighted by Crippen LogP contribution is 2.60. The Balaban J connectivity index is 0.000000980. The lowest BCUT2D eigenvalue weighted by molar-refractivity contribution is -0.145. The maximum Gasteiger partial charge on any atom is 0.303 e. The largest absolute Gasteiger partial charge is 0.481 e. The van der Waals surface area contributed by atoms with Crippen LogP contribution in [0.4, 0.5) is 0 Å². The maximum absolute atomic E-state index is 10.7. The highest BCUT2D eigenvalue weighted by Gasteiger charge is 2.55. The van der Waals surface area contributed by atoms with Crippen LogP contribution in [0.2, 0.25) is 0 Å². The summed E-state index contributed by atoms with van der Waals surface area (Å²) in [5.74, 6) is 0.729. The van der Waals surface area contributed by atoms with Crippen molar-refractivity contribution in [3.05, 3.63) is 0 Å². The lowest BCUT2D eigenvalue weighted by Crippen LogP contribution is -2.51. The standard InChI is InChI=1S/C10H17NO2.ClH/c11-6-10(5-9(12)13)4-7-2-1-3-8(7)10;/h7-8H,1-6,11H2,(H,12,13);1H/t7-,8-,10-;/m0./s1. The number of carboxylic acids is 1. The molecular formula is C10H18ClNO2. The van der Waals surface area contributed by atoms with Crippen molar-refractivity contribution >= 4 is 18.4 Å². The Kier molecular flexibility index (Phi) is 3.43. The van der Waals surface area contributed by atoms with Gasteiger partial charge in [-0.3, -0.25) is 4.79 Å². The van der Waals surface area contributed by atoms with E-state index in [0.717, 1.165) is 12.3 Å². The van der Waals surface area contributed by atoms with Crippen LogP contribution >= 0.6 is 12.4 Å². The van der Waals surface area contributed by atoms with Crippen molar-refractivity contribution in [1.29, 1.82) is 0 Å². The summed E-state index contributed by atoms with van der Waals surface area (Å²) in [5, 5.41) is 8.81. The van der Waals surface area contributed by atoms with Gasteiger partial charge in [0.25, 0.3) is 0 Å². The van der Waals surface area contributed by atoms with Crippen molar-refractivity contribution in [2.24, 2.45) is 23.0 Å². The van der Waals surface area contributed by atoms with E-state index in [2.05, 4.69) is 0 Å². The van der Waals surface area contributed by atoms with Gasteiger partial charge in [0.05, 0.1) is 6.42 Å². The van der Waals surface area contributed by atoms with E-state index in [4.69, 9.17) is 10.8 Å². The molecule has 0 aliphatic heterocycles. The molecule has 0 aromatic heterocycles. The zero-order valence-electron chi connectivity index (χ0n) is 8.24. The van der Waals surface area contributed by atoms with Gasteiger partial charge in [0.1, 0.15) is 0 Å². The monoisotopic (exact) mass is 219 g/mol. The average Bonchev–Trinajstić information content (AvgIpc) is 2.43. The number of hydrogen-bond acceptors (Lipinski definition) is 2. The zero-order chi connectivity index (χ0) is 9.47. The predicted octanol–water partition coefficient (Wildman–Crippen LogP) is 1.65. The molecule has 2 rings (SSSR count).